The number of benzene rings is 1. The summed E-state index contributed by atoms with van der Waals surface area (Å²) in [7, 11) is 2.03. The smallest absolute Gasteiger partial charge is 0.120 e. The van der Waals surface area contributed by atoms with Crippen LogP contribution in [0.25, 0.3) is 0 Å². The molecule has 0 bridgehead atoms. The van der Waals surface area contributed by atoms with Gasteiger partial charge in [-0.05, 0) is 57.4 Å². The molecule has 0 heterocycles. The van der Waals surface area contributed by atoms with Gasteiger partial charge in [0.05, 0.1) is 6.10 Å². The lowest BCUT2D eigenvalue weighted by molar-refractivity contribution is 0.242. The minimum absolute atomic E-state index is 0.226. The van der Waals surface area contributed by atoms with E-state index < -0.39 is 0 Å². The van der Waals surface area contributed by atoms with Crippen molar-refractivity contribution in [3.8, 4) is 5.75 Å². The van der Waals surface area contributed by atoms with Gasteiger partial charge in [0, 0.05) is 6.04 Å². The van der Waals surface area contributed by atoms with Crippen molar-refractivity contribution >= 4 is 0 Å². The molecule has 18 heavy (non-hydrogen) atoms. The second-order valence-corrected chi connectivity index (χ2v) is 5.55. The summed E-state index contributed by atoms with van der Waals surface area (Å²) in [5.41, 5.74) is 1.32. The highest BCUT2D eigenvalue weighted by Crippen LogP contribution is 2.24. The number of nitrogens with one attached hydrogen (secondary N) is 1. The second kappa shape index (κ2) is 7.42. The maximum atomic E-state index is 5.75. The van der Waals surface area contributed by atoms with Gasteiger partial charge in [0.1, 0.15) is 5.75 Å². The van der Waals surface area contributed by atoms with Crippen LogP contribution >= 0.6 is 0 Å². The van der Waals surface area contributed by atoms with Crippen LogP contribution in [0, 0.1) is 5.92 Å². The van der Waals surface area contributed by atoms with Gasteiger partial charge in [-0.3, -0.25) is 0 Å². The molecule has 0 spiro atoms. The van der Waals surface area contributed by atoms with E-state index in [-0.39, 0.29) is 6.10 Å². The molecule has 1 aromatic rings. The molecule has 2 nitrogen and oxygen atoms in total. The molecular weight excluding hydrogens is 222 g/mol. The molecule has 0 aliphatic carbocycles. The molecule has 1 rings (SSSR count). The van der Waals surface area contributed by atoms with E-state index in [1.54, 1.807) is 0 Å². The van der Waals surface area contributed by atoms with Crippen molar-refractivity contribution in [2.45, 2.75) is 52.7 Å². The Morgan fingerprint density at radius 2 is 1.83 bits per heavy atom. The molecule has 2 heteroatoms. The van der Waals surface area contributed by atoms with E-state index in [1.807, 2.05) is 13.1 Å². The third kappa shape index (κ3) is 5.09. The van der Waals surface area contributed by atoms with Crippen LogP contribution < -0.4 is 10.1 Å². The first-order valence-corrected chi connectivity index (χ1v) is 6.96. The van der Waals surface area contributed by atoms with Crippen LogP contribution in [0.3, 0.4) is 0 Å². The van der Waals surface area contributed by atoms with Crippen molar-refractivity contribution in [2.75, 3.05) is 7.05 Å². The second-order valence-electron chi connectivity index (χ2n) is 5.55. The molecule has 1 unspecified atom stereocenters. The van der Waals surface area contributed by atoms with Gasteiger partial charge in [-0.2, -0.15) is 0 Å². The monoisotopic (exact) mass is 249 g/mol. The standard InChI is InChI=1S/C16H27NO/c1-12(2)9-10-16(17-5)14-7-6-8-15(11-14)18-13(3)4/h6-8,11-13,16-17H,9-10H2,1-5H3. The molecule has 0 aliphatic heterocycles. The molecule has 0 aliphatic rings. The normalized spacial score (nSPS) is 13.1. The van der Waals surface area contributed by atoms with Gasteiger partial charge < -0.3 is 10.1 Å². The van der Waals surface area contributed by atoms with Crippen molar-refractivity contribution < 1.29 is 4.74 Å². The first-order valence-electron chi connectivity index (χ1n) is 6.96. The topological polar surface area (TPSA) is 21.3 Å². The number of ether oxygens (including phenoxy) is 1. The number of hydrogen-bond acceptors (Lipinski definition) is 2. The fraction of sp³-hybridized carbons (Fsp3) is 0.625. The highest BCUT2D eigenvalue weighted by molar-refractivity contribution is 5.30. The average Bonchev–Trinajstić information content (AvgIpc) is 2.29. The quantitative estimate of drug-likeness (QED) is 0.783. The van der Waals surface area contributed by atoms with E-state index in [9.17, 15) is 0 Å². The van der Waals surface area contributed by atoms with Crippen molar-refractivity contribution in [3.63, 3.8) is 0 Å². The Labute approximate surface area is 112 Å². The van der Waals surface area contributed by atoms with Gasteiger partial charge >= 0.3 is 0 Å². The summed E-state index contributed by atoms with van der Waals surface area (Å²) in [4.78, 5) is 0. The Morgan fingerprint density at radius 3 is 2.39 bits per heavy atom. The lowest BCUT2D eigenvalue weighted by Crippen LogP contribution is -2.17. The SMILES string of the molecule is CNC(CCC(C)C)c1cccc(OC(C)C)c1. The van der Waals surface area contributed by atoms with Crippen molar-refractivity contribution in [1.82, 2.24) is 5.32 Å². The summed E-state index contributed by atoms with van der Waals surface area (Å²) in [6.45, 7) is 8.65. The minimum atomic E-state index is 0.226. The van der Waals surface area contributed by atoms with Gasteiger partial charge in [0.25, 0.3) is 0 Å². The van der Waals surface area contributed by atoms with Crippen LogP contribution in [0.15, 0.2) is 24.3 Å². The third-order valence-corrected chi connectivity index (χ3v) is 3.01. The van der Waals surface area contributed by atoms with Gasteiger partial charge in [0.2, 0.25) is 0 Å². The first kappa shape index (κ1) is 15.0. The van der Waals surface area contributed by atoms with E-state index in [2.05, 4.69) is 51.2 Å². The van der Waals surface area contributed by atoms with E-state index in [1.165, 1.54) is 18.4 Å². The molecule has 1 atom stereocenters. The number of rotatable bonds is 7. The summed E-state index contributed by atoms with van der Waals surface area (Å²) in [6, 6.07) is 8.85. The summed E-state index contributed by atoms with van der Waals surface area (Å²) in [5, 5.41) is 3.40. The van der Waals surface area contributed by atoms with Gasteiger partial charge in [-0.1, -0.05) is 26.0 Å². The fourth-order valence-corrected chi connectivity index (χ4v) is 2.05. The zero-order chi connectivity index (χ0) is 13.5. The van der Waals surface area contributed by atoms with E-state index in [0.29, 0.717) is 6.04 Å². The van der Waals surface area contributed by atoms with Crippen LogP contribution in [-0.4, -0.2) is 13.2 Å². The van der Waals surface area contributed by atoms with E-state index in [0.717, 1.165) is 11.7 Å². The van der Waals surface area contributed by atoms with Crippen LogP contribution in [0.4, 0.5) is 0 Å². The van der Waals surface area contributed by atoms with E-state index in [4.69, 9.17) is 4.74 Å². The van der Waals surface area contributed by atoms with Crippen LogP contribution in [0.5, 0.6) is 5.75 Å². The molecule has 102 valence electrons. The highest BCUT2D eigenvalue weighted by atomic mass is 16.5. The van der Waals surface area contributed by atoms with E-state index >= 15 is 0 Å². The first-order chi connectivity index (χ1) is 8.52. The molecule has 1 aromatic carbocycles. The maximum absolute atomic E-state index is 5.75. The Balaban J connectivity index is 2.72. The predicted molar refractivity (Wildman–Crippen MR) is 78.1 cm³/mol. The lowest BCUT2D eigenvalue weighted by Gasteiger charge is -2.19. The zero-order valence-electron chi connectivity index (χ0n) is 12.4. The Bertz CT molecular complexity index is 347. The van der Waals surface area contributed by atoms with Gasteiger partial charge in [-0.25, -0.2) is 0 Å². The highest BCUT2D eigenvalue weighted by Gasteiger charge is 2.11. The Hall–Kier alpha value is -1.02. The lowest BCUT2D eigenvalue weighted by atomic mass is 9.97. The van der Waals surface area contributed by atoms with Crippen molar-refractivity contribution in [2.24, 2.45) is 5.92 Å². The van der Waals surface area contributed by atoms with Crippen molar-refractivity contribution in [1.29, 1.82) is 0 Å². The molecule has 0 saturated carbocycles. The molecule has 0 saturated heterocycles. The molecule has 0 amide bonds. The summed E-state index contributed by atoms with van der Waals surface area (Å²) >= 11 is 0. The Morgan fingerprint density at radius 1 is 1.11 bits per heavy atom. The largest absolute Gasteiger partial charge is 0.491 e. The molecular formula is C16H27NO. The summed E-state index contributed by atoms with van der Waals surface area (Å²) in [5.74, 6) is 1.71. The maximum Gasteiger partial charge on any atom is 0.120 e. The fourth-order valence-electron chi connectivity index (χ4n) is 2.05. The summed E-state index contributed by atoms with van der Waals surface area (Å²) in [6.07, 6.45) is 2.63. The van der Waals surface area contributed by atoms with Crippen molar-refractivity contribution in [3.05, 3.63) is 29.8 Å². The Kier molecular flexibility index (Phi) is 6.20. The third-order valence-electron chi connectivity index (χ3n) is 3.01. The van der Waals surface area contributed by atoms with Crippen LogP contribution in [0.1, 0.15) is 52.1 Å². The molecule has 0 aromatic heterocycles. The zero-order valence-corrected chi connectivity index (χ0v) is 12.4. The van der Waals surface area contributed by atoms with Crippen LogP contribution in [0.2, 0.25) is 0 Å². The van der Waals surface area contributed by atoms with Gasteiger partial charge in [0.15, 0.2) is 0 Å². The minimum Gasteiger partial charge on any atom is -0.491 e. The number of hydrogen-bond donors (Lipinski definition) is 1. The molecule has 1 N–H and O–H groups in total. The molecule has 0 radical (unpaired) electrons. The summed E-state index contributed by atoms with van der Waals surface area (Å²) < 4.78 is 5.75. The van der Waals surface area contributed by atoms with Gasteiger partial charge in [-0.15, -0.1) is 0 Å². The average molecular weight is 249 g/mol. The van der Waals surface area contributed by atoms with Crippen LogP contribution in [-0.2, 0) is 0 Å². The predicted octanol–water partition coefficient (Wildman–Crippen LogP) is 4.17. The molecule has 0 fully saturated rings.